The van der Waals surface area contributed by atoms with E-state index >= 15 is 0 Å². The lowest BCUT2D eigenvalue weighted by Crippen LogP contribution is -2.51. The number of imide groups is 1. The highest BCUT2D eigenvalue weighted by atomic mass is 16.2. The van der Waals surface area contributed by atoms with Crippen molar-refractivity contribution in [3.8, 4) is 0 Å². The van der Waals surface area contributed by atoms with E-state index in [2.05, 4.69) is 40.2 Å². The fraction of sp³-hybridized carbons (Fsp3) is 0.522. The Hall–Kier alpha value is -3.27. The summed E-state index contributed by atoms with van der Waals surface area (Å²) in [6.07, 6.45) is 5.57. The van der Waals surface area contributed by atoms with Crippen LogP contribution in [0.25, 0.3) is 6.08 Å². The topological polar surface area (TPSA) is 108 Å². The van der Waals surface area contributed by atoms with Crippen LogP contribution in [0.15, 0.2) is 24.7 Å². The lowest BCUT2D eigenvalue weighted by Gasteiger charge is -2.34. The van der Waals surface area contributed by atoms with Crippen LogP contribution in [0.4, 0.5) is 0 Å². The van der Waals surface area contributed by atoms with Crippen molar-refractivity contribution in [1.82, 2.24) is 29.6 Å². The third-order valence-corrected chi connectivity index (χ3v) is 5.90. The van der Waals surface area contributed by atoms with Crippen molar-refractivity contribution in [2.75, 3.05) is 39.3 Å². The number of aromatic nitrogens is 2. The van der Waals surface area contributed by atoms with Gasteiger partial charge in [-0.15, -0.1) is 0 Å². The van der Waals surface area contributed by atoms with Gasteiger partial charge in [-0.2, -0.15) is 0 Å². The first-order valence-electron chi connectivity index (χ1n) is 11.2. The van der Waals surface area contributed by atoms with Gasteiger partial charge in [0.25, 0.3) is 5.91 Å². The molecule has 2 fully saturated rings. The van der Waals surface area contributed by atoms with Gasteiger partial charge >= 0.3 is 0 Å². The molecule has 1 aromatic rings. The molecule has 0 saturated carbocycles. The smallest absolute Gasteiger partial charge is 0.277 e. The van der Waals surface area contributed by atoms with Gasteiger partial charge in [0.2, 0.25) is 17.7 Å². The van der Waals surface area contributed by atoms with Crippen molar-refractivity contribution >= 4 is 29.7 Å². The molecule has 2 saturated heterocycles. The zero-order valence-electron chi connectivity index (χ0n) is 19.5. The second kappa shape index (κ2) is 10.6. The van der Waals surface area contributed by atoms with Crippen LogP contribution in [0.2, 0.25) is 0 Å². The van der Waals surface area contributed by atoms with Gasteiger partial charge in [0.05, 0.1) is 12.0 Å². The number of rotatable bonds is 7. The number of imidazole rings is 1. The zero-order valence-corrected chi connectivity index (χ0v) is 19.5. The fourth-order valence-electron chi connectivity index (χ4n) is 4.20. The highest BCUT2D eigenvalue weighted by molar-refractivity contribution is 6.12. The molecule has 3 rings (SSSR count). The van der Waals surface area contributed by atoms with Crippen molar-refractivity contribution in [2.45, 2.75) is 39.7 Å². The number of nitrogens with zero attached hydrogens (tertiary/aromatic N) is 5. The summed E-state index contributed by atoms with van der Waals surface area (Å²) in [4.78, 5) is 57.5. The molecule has 10 heteroatoms. The van der Waals surface area contributed by atoms with Crippen molar-refractivity contribution in [2.24, 2.45) is 0 Å². The highest BCUT2D eigenvalue weighted by Gasteiger charge is 2.31. The van der Waals surface area contributed by atoms with E-state index in [9.17, 15) is 19.2 Å². The monoisotopic (exact) mass is 456 g/mol. The number of hydrogen-bond donors (Lipinski definition) is 1. The molecule has 0 spiro atoms. The van der Waals surface area contributed by atoms with E-state index in [1.54, 1.807) is 12.4 Å². The zero-order chi connectivity index (χ0) is 24.1. The normalized spacial score (nSPS) is 18.7. The Morgan fingerprint density at radius 2 is 1.88 bits per heavy atom. The number of carbonyl (C=O) groups is 4. The summed E-state index contributed by atoms with van der Waals surface area (Å²) in [5.41, 5.74) is 1.63. The number of nitrogens with one attached hydrogen (secondary N) is 1. The molecule has 4 amide bonds. The van der Waals surface area contributed by atoms with E-state index in [1.165, 1.54) is 13.0 Å². The van der Waals surface area contributed by atoms with Crippen LogP contribution in [0, 0.1) is 0 Å². The van der Waals surface area contributed by atoms with Gasteiger partial charge in [-0.25, -0.2) is 4.98 Å². The number of piperazine rings is 2. The Bertz CT molecular complexity index is 972. The maximum atomic E-state index is 12.6. The standard InChI is InChI=1S/C23H32N6O4/c1-5-21(32)27-11-9-26(10-12-27)7-6-8-28-15-24-18(22(28)16(2)3)13-19-23(33)29(17(4)30)14-20(31)25-19/h5,13,15-16H,1,6-12,14H2,2-4H3,(H,25,31)/b19-13-. The van der Waals surface area contributed by atoms with Gasteiger partial charge in [0.1, 0.15) is 12.2 Å². The van der Waals surface area contributed by atoms with Gasteiger partial charge in [-0.1, -0.05) is 20.4 Å². The van der Waals surface area contributed by atoms with E-state index in [0.29, 0.717) is 18.8 Å². The van der Waals surface area contributed by atoms with Crippen molar-refractivity contribution < 1.29 is 19.2 Å². The number of hydrogen-bond acceptors (Lipinski definition) is 6. The molecule has 0 unspecified atom stereocenters. The van der Waals surface area contributed by atoms with Crippen LogP contribution in [0.1, 0.15) is 44.5 Å². The van der Waals surface area contributed by atoms with Crippen LogP contribution in [0.3, 0.4) is 0 Å². The van der Waals surface area contributed by atoms with E-state index in [0.717, 1.165) is 43.2 Å². The maximum absolute atomic E-state index is 12.6. The van der Waals surface area contributed by atoms with Gasteiger partial charge in [0, 0.05) is 45.3 Å². The fourth-order valence-corrected chi connectivity index (χ4v) is 4.20. The predicted octanol–water partition coefficient (Wildman–Crippen LogP) is 0.573. The summed E-state index contributed by atoms with van der Waals surface area (Å²) in [5, 5.41) is 2.57. The van der Waals surface area contributed by atoms with Crippen LogP contribution >= 0.6 is 0 Å². The second-order valence-electron chi connectivity index (χ2n) is 8.60. The Balaban J connectivity index is 1.65. The first-order valence-corrected chi connectivity index (χ1v) is 11.2. The average Bonchev–Trinajstić information content (AvgIpc) is 3.18. The summed E-state index contributed by atoms with van der Waals surface area (Å²) < 4.78 is 2.08. The molecule has 2 aliphatic rings. The molecule has 0 aromatic carbocycles. The lowest BCUT2D eigenvalue weighted by atomic mass is 10.1. The summed E-state index contributed by atoms with van der Waals surface area (Å²) in [6.45, 7) is 13.4. The number of amides is 4. The van der Waals surface area contributed by atoms with Crippen LogP contribution in [0.5, 0.6) is 0 Å². The summed E-state index contributed by atoms with van der Waals surface area (Å²) >= 11 is 0. The molecule has 2 aliphatic heterocycles. The molecule has 1 aromatic heterocycles. The lowest BCUT2D eigenvalue weighted by molar-refractivity contribution is -0.147. The minimum atomic E-state index is -0.527. The van der Waals surface area contributed by atoms with Gasteiger partial charge in [-0.05, 0) is 31.0 Å². The van der Waals surface area contributed by atoms with Gasteiger partial charge in [-0.3, -0.25) is 29.0 Å². The highest BCUT2D eigenvalue weighted by Crippen LogP contribution is 2.22. The SMILES string of the molecule is C=CC(=O)N1CCN(CCCn2cnc(/C=C3\NC(=O)CN(C(C)=O)C3=O)c2C(C)C)CC1. The van der Waals surface area contributed by atoms with E-state index in [1.807, 2.05) is 4.90 Å². The third kappa shape index (κ3) is 5.75. The molecule has 3 heterocycles. The molecule has 33 heavy (non-hydrogen) atoms. The van der Waals surface area contributed by atoms with Crippen LogP contribution in [-0.2, 0) is 25.7 Å². The number of aryl methyl sites for hydroxylation is 1. The molecule has 0 bridgehead atoms. The van der Waals surface area contributed by atoms with Crippen molar-refractivity contribution in [3.63, 3.8) is 0 Å². The van der Waals surface area contributed by atoms with Crippen LogP contribution in [-0.4, -0.2) is 87.1 Å². The minimum Gasteiger partial charge on any atom is -0.337 e. The summed E-state index contributed by atoms with van der Waals surface area (Å²) in [5.74, 6) is -1.27. The molecule has 0 radical (unpaired) electrons. The molecular formula is C23H32N6O4. The van der Waals surface area contributed by atoms with Crippen molar-refractivity contribution in [1.29, 1.82) is 0 Å². The largest absolute Gasteiger partial charge is 0.337 e. The quantitative estimate of drug-likeness (QED) is 0.601. The molecule has 1 N–H and O–H groups in total. The van der Waals surface area contributed by atoms with E-state index in [4.69, 9.17) is 0 Å². The third-order valence-electron chi connectivity index (χ3n) is 5.90. The maximum Gasteiger partial charge on any atom is 0.277 e. The molecular weight excluding hydrogens is 424 g/mol. The number of carbonyl (C=O) groups excluding carboxylic acids is 4. The first kappa shape index (κ1) is 24.4. The second-order valence-corrected chi connectivity index (χ2v) is 8.60. The average molecular weight is 457 g/mol. The molecule has 0 atom stereocenters. The molecule has 0 aliphatic carbocycles. The van der Waals surface area contributed by atoms with Crippen molar-refractivity contribution in [3.05, 3.63) is 36.1 Å². The summed E-state index contributed by atoms with van der Waals surface area (Å²) in [7, 11) is 0. The Morgan fingerprint density at radius 1 is 1.18 bits per heavy atom. The van der Waals surface area contributed by atoms with Gasteiger partial charge < -0.3 is 14.8 Å². The minimum absolute atomic E-state index is 0.0182. The van der Waals surface area contributed by atoms with Gasteiger partial charge in [0.15, 0.2) is 0 Å². The Labute approximate surface area is 193 Å². The molecule has 10 nitrogen and oxygen atoms in total. The first-order chi connectivity index (χ1) is 15.7. The Kier molecular flexibility index (Phi) is 7.80. The van der Waals surface area contributed by atoms with Crippen LogP contribution < -0.4 is 5.32 Å². The van der Waals surface area contributed by atoms with E-state index in [-0.39, 0.29) is 24.1 Å². The van der Waals surface area contributed by atoms with E-state index < -0.39 is 17.7 Å². The predicted molar refractivity (Wildman–Crippen MR) is 123 cm³/mol. The molecule has 178 valence electrons. The summed E-state index contributed by atoms with van der Waals surface area (Å²) in [6, 6.07) is 0. The Morgan fingerprint density at radius 3 is 2.48 bits per heavy atom.